The average molecular weight is 164 g/mol. The highest BCUT2D eigenvalue weighted by atomic mass is 14.2. The topological polar surface area (TPSA) is 0 Å². The van der Waals surface area contributed by atoms with E-state index in [-0.39, 0.29) is 14.9 Å². The monoisotopic (exact) mass is 164 g/mol. The van der Waals surface area contributed by atoms with Crippen LogP contribution >= 0.6 is 0 Å². The molecule has 0 heterocycles. The van der Waals surface area contributed by atoms with Crippen molar-refractivity contribution in [2.75, 3.05) is 0 Å². The van der Waals surface area contributed by atoms with Crippen molar-refractivity contribution in [2.24, 2.45) is 0 Å². The number of hydrogen-bond acceptors (Lipinski definition) is 0. The van der Waals surface area contributed by atoms with Gasteiger partial charge < -0.3 is 0 Å². The lowest BCUT2D eigenvalue weighted by Gasteiger charge is -2.01. The first-order valence-corrected chi connectivity index (χ1v) is 3.96. The third kappa shape index (κ3) is 1.69. The highest BCUT2D eigenvalue weighted by Crippen LogP contribution is 2.31. The van der Waals surface area contributed by atoms with E-state index in [4.69, 9.17) is 0 Å². The Morgan fingerprint density at radius 2 is 1.83 bits per heavy atom. The Kier molecular flexibility index (Phi) is 4.02. The molecule has 1 aromatic carbocycles. The van der Waals surface area contributed by atoms with Crippen molar-refractivity contribution in [1.29, 1.82) is 0 Å². The first kappa shape index (κ1) is 11.2. The van der Waals surface area contributed by atoms with Crippen molar-refractivity contribution in [3.8, 4) is 0 Å². The molecule has 0 radical (unpaired) electrons. The van der Waals surface area contributed by atoms with Gasteiger partial charge in [-0.2, -0.15) is 0 Å². The highest BCUT2D eigenvalue weighted by Gasteiger charge is 2.16. The summed E-state index contributed by atoms with van der Waals surface area (Å²) in [5.41, 5.74) is 3.14. The molecular weight excluding hydrogens is 144 g/mol. The molecule has 1 unspecified atom stereocenters. The molecule has 1 aliphatic carbocycles. The number of aryl methyl sites for hydroxylation is 1. The third-order valence-corrected chi connectivity index (χ3v) is 2.43. The van der Waals surface area contributed by atoms with E-state index in [2.05, 4.69) is 31.2 Å². The zero-order valence-electron chi connectivity index (χ0n) is 6.30. The summed E-state index contributed by atoms with van der Waals surface area (Å²) in [6.45, 7) is 2.31. The fourth-order valence-corrected chi connectivity index (χ4v) is 1.77. The second-order valence-corrected chi connectivity index (χ2v) is 3.14. The van der Waals surface area contributed by atoms with Crippen LogP contribution in [-0.4, -0.2) is 0 Å². The molecule has 12 heavy (non-hydrogen) atoms. The van der Waals surface area contributed by atoms with Gasteiger partial charge in [-0.1, -0.05) is 46.0 Å². The normalized spacial score (nSPS) is 18.9. The van der Waals surface area contributed by atoms with Gasteiger partial charge in [-0.25, -0.2) is 0 Å². The highest BCUT2D eigenvalue weighted by molar-refractivity contribution is 5.33. The summed E-state index contributed by atoms with van der Waals surface area (Å²) in [4.78, 5) is 0. The standard InChI is InChI=1S/C10H12.2CH4/c1-8-6-7-9-4-2-3-5-10(8)9;;/h2-5,8H,6-7H2,1H3;2*1H4. The SMILES string of the molecule is C.C.CC1CCc2ccccc21. The molecule has 0 fully saturated rings. The third-order valence-electron chi connectivity index (χ3n) is 2.43. The zero-order valence-corrected chi connectivity index (χ0v) is 6.30. The predicted octanol–water partition coefficient (Wildman–Crippen LogP) is 4.01. The van der Waals surface area contributed by atoms with Gasteiger partial charge in [-0.3, -0.25) is 0 Å². The van der Waals surface area contributed by atoms with Gasteiger partial charge in [0, 0.05) is 0 Å². The molecule has 2 rings (SSSR count). The Hall–Kier alpha value is -0.780. The van der Waals surface area contributed by atoms with E-state index in [1.54, 1.807) is 11.1 Å². The summed E-state index contributed by atoms with van der Waals surface area (Å²) in [6.07, 6.45) is 2.64. The van der Waals surface area contributed by atoms with E-state index in [1.165, 1.54) is 12.8 Å². The maximum Gasteiger partial charge on any atom is -0.0184 e. The minimum Gasteiger partial charge on any atom is -0.0776 e. The Morgan fingerprint density at radius 1 is 1.17 bits per heavy atom. The van der Waals surface area contributed by atoms with Gasteiger partial charge in [0.15, 0.2) is 0 Å². The van der Waals surface area contributed by atoms with Gasteiger partial charge in [-0.15, -0.1) is 0 Å². The minimum absolute atomic E-state index is 0. The molecule has 0 bridgehead atoms. The van der Waals surface area contributed by atoms with Gasteiger partial charge in [0.05, 0.1) is 0 Å². The molecular formula is C12H20. The maximum absolute atomic E-state index is 2.31. The fourth-order valence-electron chi connectivity index (χ4n) is 1.77. The summed E-state index contributed by atoms with van der Waals surface area (Å²) >= 11 is 0. The lowest BCUT2D eigenvalue weighted by Crippen LogP contribution is -1.83. The molecule has 0 saturated carbocycles. The Morgan fingerprint density at radius 3 is 2.50 bits per heavy atom. The predicted molar refractivity (Wildman–Crippen MR) is 56.6 cm³/mol. The van der Waals surface area contributed by atoms with Crippen LogP contribution in [0.25, 0.3) is 0 Å². The molecule has 0 N–H and O–H groups in total. The van der Waals surface area contributed by atoms with Gasteiger partial charge >= 0.3 is 0 Å². The van der Waals surface area contributed by atoms with Gasteiger partial charge in [0.2, 0.25) is 0 Å². The minimum atomic E-state index is 0. The molecule has 0 nitrogen and oxygen atoms in total. The van der Waals surface area contributed by atoms with E-state index in [9.17, 15) is 0 Å². The number of benzene rings is 1. The average Bonchev–Trinajstić information content (AvgIpc) is 2.34. The van der Waals surface area contributed by atoms with Gasteiger partial charge in [-0.05, 0) is 29.9 Å². The lowest BCUT2D eigenvalue weighted by molar-refractivity contribution is 0.747. The van der Waals surface area contributed by atoms with Crippen molar-refractivity contribution in [3.63, 3.8) is 0 Å². The quantitative estimate of drug-likeness (QED) is 0.543. The van der Waals surface area contributed by atoms with E-state index >= 15 is 0 Å². The van der Waals surface area contributed by atoms with Crippen molar-refractivity contribution >= 4 is 0 Å². The van der Waals surface area contributed by atoms with Crippen LogP contribution in [-0.2, 0) is 6.42 Å². The molecule has 0 amide bonds. The summed E-state index contributed by atoms with van der Waals surface area (Å²) in [5.74, 6) is 0.802. The largest absolute Gasteiger partial charge is 0.0776 e. The van der Waals surface area contributed by atoms with E-state index < -0.39 is 0 Å². The van der Waals surface area contributed by atoms with E-state index in [1.807, 2.05) is 0 Å². The van der Waals surface area contributed by atoms with E-state index in [0.717, 1.165) is 5.92 Å². The van der Waals surface area contributed by atoms with Crippen LogP contribution in [0.1, 0.15) is 45.2 Å². The van der Waals surface area contributed by atoms with Crippen LogP contribution in [0.3, 0.4) is 0 Å². The van der Waals surface area contributed by atoms with Crippen LogP contribution < -0.4 is 0 Å². The van der Waals surface area contributed by atoms with E-state index in [0.29, 0.717) is 0 Å². The van der Waals surface area contributed by atoms with Crippen molar-refractivity contribution in [2.45, 2.75) is 40.5 Å². The molecule has 1 aliphatic rings. The van der Waals surface area contributed by atoms with Gasteiger partial charge in [0.1, 0.15) is 0 Å². The second-order valence-electron chi connectivity index (χ2n) is 3.14. The van der Waals surface area contributed by atoms with Gasteiger partial charge in [0.25, 0.3) is 0 Å². The Bertz CT molecular complexity index is 238. The second kappa shape index (κ2) is 4.30. The van der Waals surface area contributed by atoms with Crippen LogP contribution in [0.5, 0.6) is 0 Å². The van der Waals surface area contributed by atoms with Crippen molar-refractivity contribution in [1.82, 2.24) is 0 Å². The first-order valence-electron chi connectivity index (χ1n) is 3.96. The first-order chi connectivity index (χ1) is 4.88. The number of fused-ring (bicyclic) bond motifs is 1. The summed E-state index contributed by atoms with van der Waals surface area (Å²) in [5, 5.41) is 0. The van der Waals surface area contributed by atoms with Crippen LogP contribution in [0.15, 0.2) is 24.3 Å². The lowest BCUT2D eigenvalue weighted by atomic mass is 10.0. The van der Waals surface area contributed by atoms with Crippen LogP contribution in [0.2, 0.25) is 0 Å². The number of rotatable bonds is 0. The summed E-state index contributed by atoms with van der Waals surface area (Å²) in [6, 6.07) is 8.78. The molecule has 0 aliphatic heterocycles. The Labute approximate surface area is 76.6 Å². The van der Waals surface area contributed by atoms with Crippen molar-refractivity contribution < 1.29 is 0 Å². The molecule has 0 spiro atoms. The molecule has 0 saturated heterocycles. The summed E-state index contributed by atoms with van der Waals surface area (Å²) in [7, 11) is 0. The molecule has 1 atom stereocenters. The Balaban J connectivity index is 0.000000605. The van der Waals surface area contributed by atoms with Crippen molar-refractivity contribution in [3.05, 3.63) is 35.4 Å². The molecule has 1 aromatic rings. The molecule has 0 aromatic heterocycles. The summed E-state index contributed by atoms with van der Waals surface area (Å²) < 4.78 is 0. The molecule has 68 valence electrons. The maximum atomic E-state index is 2.31. The fraction of sp³-hybridized carbons (Fsp3) is 0.500. The molecule has 0 heteroatoms. The number of hydrogen-bond donors (Lipinski definition) is 0. The zero-order chi connectivity index (χ0) is 6.97. The van der Waals surface area contributed by atoms with Crippen LogP contribution in [0.4, 0.5) is 0 Å². The smallest absolute Gasteiger partial charge is 0.0184 e. The van der Waals surface area contributed by atoms with Crippen LogP contribution in [0, 0.1) is 0 Å².